The summed E-state index contributed by atoms with van der Waals surface area (Å²) >= 11 is 0. The Hall–Kier alpha value is -0.860. The SMILES string of the molecule is CCCc1ccc(C(CCC(C)N)NC)cc1. The van der Waals surface area contributed by atoms with Gasteiger partial charge in [0, 0.05) is 12.1 Å². The second kappa shape index (κ2) is 7.46. The van der Waals surface area contributed by atoms with Crippen molar-refractivity contribution in [3.05, 3.63) is 35.4 Å². The third kappa shape index (κ3) is 4.88. The molecule has 0 heterocycles. The van der Waals surface area contributed by atoms with Crippen LogP contribution in [0.15, 0.2) is 24.3 Å². The number of rotatable bonds is 7. The van der Waals surface area contributed by atoms with Crippen molar-refractivity contribution in [1.82, 2.24) is 5.32 Å². The maximum atomic E-state index is 5.81. The smallest absolute Gasteiger partial charge is 0.0318 e. The Morgan fingerprint density at radius 2 is 1.82 bits per heavy atom. The largest absolute Gasteiger partial charge is 0.328 e. The van der Waals surface area contributed by atoms with Gasteiger partial charge in [0.05, 0.1) is 0 Å². The van der Waals surface area contributed by atoms with Crippen LogP contribution in [0.4, 0.5) is 0 Å². The van der Waals surface area contributed by atoms with Crippen LogP contribution < -0.4 is 11.1 Å². The molecule has 0 saturated carbocycles. The molecular weight excluding hydrogens is 208 g/mol. The lowest BCUT2D eigenvalue weighted by Gasteiger charge is -2.18. The van der Waals surface area contributed by atoms with Gasteiger partial charge in [0.15, 0.2) is 0 Å². The van der Waals surface area contributed by atoms with Crippen LogP contribution in [-0.2, 0) is 6.42 Å². The molecule has 0 aromatic heterocycles. The molecule has 2 nitrogen and oxygen atoms in total. The van der Waals surface area contributed by atoms with Gasteiger partial charge >= 0.3 is 0 Å². The maximum Gasteiger partial charge on any atom is 0.0318 e. The van der Waals surface area contributed by atoms with Gasteiger partial charge in [-0.1, -0.05) is 37.6 Å². The summed E-state index contributed by atoms with van der Waals surface area (Å²) in [6, 6.07) is 9.69. The molecule has 0 aliphatic carbocycles. The zero-order chi connectivity index (χ0) is 12.7. The lowest BCUT2D eigenvalue weighted by atomic mass is 9.98. The van der Waals surface area contributed by atoms with E-state index in [1.807, 2.05) is 7.05 Å². The van der Waals surface area contributed by atoms with E-state index in [4.69, 9.17) is 5.73 Å². The molecule has 1 aromatic carbocycles. The van der Waals surface area contributed by atoms with Gasteiger partial charge < -0.3 is 11.1 Å². The van der Waals surface area contributed by atoms with Gasteiger partial charge in [0.25, 0.3) is 0 Å². The van der Waals surface area contributed by atoms with Crippen molar-refractivity contribution in [3.8, 4) is 0 Å². The number of benzene rings is 1. The first-order valence-electron chi connectivity index (χ1n) is 6.69. The third-order valence-electron chi connectivity index (χ3n) is 3.18. The predicted molar refractivity (Wildman–Crippen MR) is 75.1 cm³/mol. The van der Waals surface area contributed by atoms with Crippen LogP contribution in [0.5, 0.6) is 0 Å². The van der Waals surface area contributed by atoms with Gasteiger partial charge in [-0.3, -0.25) is 0 Å². The van der Waals surface area contributed by atoms with E-state index in [0.717, 1.165) is 12.8 Å². The second-order valence-corrected chi connectivity index (χ2v) is 4.89. The molecule has 0 spiro atoms. The Balaban J connectivity index is 2.61. The summed E-state index contributed by atoms with van der Waals surface area (Å²) in [5.74, 6) is 0. The van der Waals surface area contributed by atoms with Crippen LogP contribution in [0, 0.1) is 0 Å². The van der Waals surface area contributed by atoms with E-state index in [9.17, 15) is 0 Å². The van der Waals surface area contributed by atoms with Gasteiger partial charge in [-0.15, -0.1) is 0 Å². The van der Waals surface area contributed by atoms with Gasteiger partial charge in [0.1, 0.15) is 0 Å². The van der Waals surface area contributed by atoms with Crippen molar-refractivity contribution >= 4 is 0 Å². The number of aryl methyl sites for hydroxylation is 1. The molecule has 96 valence electrons. The zero-order valence-electron chi connectivity index (χ0n) is 11.4. The van der Waals surface area contributed by atoms with Crippen molar-refractivity contribution in [2.45, 2.75) is 51.6 Å². The highest BCUT2D eigenvalue weighted by atomic mass is 14.9. The lowest BCUT2D eigenvalue weighted by Crippen LogP contribution is -2.21. The summed E-state index contributed by atoms with van der Waals surface area (Å²) < 4.78 is 0. The fourth-order valence-electron chi connectivity index (χ4n) is 2.11. The number of hydrogen-bond acceptors (Lipinski definition) is 2. The molecule has 1 rings (SSSR count). The molecule has 0 fully saturated rings. The van der Waals surface area contributed by atoms with Gasteiger partial charge in [-0.2, -0.15) is 0 Å². The van der Waals surface area contributed by atoms with Crippen molar-refractivity contribution in [2.24, 2.45) is 5.73 Å². The van der Waals surface area contributed by atoms with Gasteiger partial charge in [-0.05, 0) is 44.4 Å². The number of nitrogens with one attached hydrogen (secondary N) is 1. The first-order chi connectivity index (χ1) is 8.17. The Bertz CT molecular complexity index is 303. The first kappa shape index (κ1) is 14.2. The molecule has 2 unspecified atom stereocenters. The normalized spacial score (nSPS) is 14.6. The van der Waals surface area contributed by atoms with E-state index >= 15 is 0 Å². The molecule has 0 amide bonds. The van der Waals surface area contributed by atoms with Gasteiger partial charge in [-0.25, -0.2) is 0 Å². The van der Waals surface area contributed by atoms with Crippen LogP contribution in [0.1, 0.15) is 50.3 Å². The summed E-state index contributed by atoms with van der Waals surface area (Å²) in [7, 11) is 2.02. The minimum Gasteiger partial charge on any atom is -0.328 e. The number of hydrogen-bond donors (Lipinski definition) is 2. The minimum atomic E-state index is 0.283. The molecule has 3 N–H and O–H groups in total. The zero-order valence-corrected chi connectivity index (χ0v) is 11.4. The Labute approximate surface area is 106 Å². The fraction of sp³-hybridized carbons (Fsp3) is 0.600. The summed E-state index contributed by atoms with van der Waals surface area (Å²) in [5.41, 5.74) is 8.61. The molecule has 0 saturated heterocycles. The molecular formula is C15H26N2. The predicted octanol–water partition coefficient (Wildman–Crippen LogP) is 3.03. The topological polar surface area (TPSA) is 38.0 Å². The average Bonchev–Trinajstić information content (AvgIpc) is 2.32. The highest BCUT2D eigenvalue weighted by Crippen LogP contribution is 2.19. The minimum absolute atomic E-state index is 0.283. The standard InChI is InChI=1S/C15H26N2/c1-4-5-13-7-9-14(10-8-13)15(17-3)11-6-12(2)16/h7-10,12,15,17H,4-6,11,16H2,1-3H3. The lowest BCUT2D eigenvalue weighted by molar-refractivity contribution is 0.496. The molecule has 0 radical (unpaired) electrons. The van der Waals surface area contributed by atoms with E-state index in [1.54, 1.807) is 0 Å². The molecule has 1 aromatic rings. The molecule has 0 aliphatic heterocycles. The summed E-state index contributed by atoms with van der Waals surface area (Å²) in [6.45, 7) is 4.28. The van der Waals surface area contributed by atoms with E-state index in [2.05, 4.69) is 43.4 Å². The highest BCUT2D eigenvalue weighted by Gasteiger charge is 2.09. The van der Waals surface area contributed by atoms with Crippen molar-refractivity contribution in [1.29, 1.82) is 0 Å². The molecule has 2 heteroatoms. The fourth-order valence-corrected chi connectivity index (χ4v) is 2.11. The van der Waals surface area contributed by atoms with Gasteiger partial charge in [0.2, 0.25) is 0 Å². The Morgan fingerprint density at radius 3 is 2.29 bits per heavy atom. The van der Waals surface area contributed by atoms with Crippen molar-refractivity contribution < 1.29 is 0 Å². The average molecular weight is 234 g/mol. The first-order valence-corrected chi connectivity index (χ1v) is 6.69. The Morgan fingerprint density at radius 1 is 1.18 bits per heavy atom. The maximum absolute atomic E-state index is 5.81. The second-order valence-electron chi connectivity index (χ2n) is 4.89. The third-order valence-corrected chi connectivity index (χ3v) is 3.18. The monoisotopic (exact) mass is 234 g/mol. The van der Waals surface area contributed by atoms with Crippen molar-refractivity contribution in [2.75, 3.05) is 7.05 Å². The summed E-state index contributed by atoms with van der Waals surface area (Å²) in [4.78, 5) is 0. The van der Waals surface area contributed by atoms with Crippen LogP contribution in [0.3, 0.4) is 0 Å². The van der Waals surface area contributed by atoms with E-state index in [1.165, 1.54) is 24.0 Å². The highest BCUT2D eigenvalue weighted by molar-refractivity contribution is 5.25. The van der Waals surface area contributed by atoms with Crippen LogP contribution >= 0.6 is 0 Å². The summed E-state index contributed by atoms with van der Waals surface area (Å²) in [5, 5.41) is 3.37. The molecule has 17 heavy (non-hydrogen) atoms. The van der Waals surface area contributed by atoms with Crippen molar-refractivity contribution in [3.63, 3.8) is 0 Å². The molecule has 0 aliphatic rings. The van der Waals surface area contributed by atoms with Crippen LogP contribution in [0.2, 0.25) is 0 Å². The number of nitrogens with two attached hydrogens (primary N) is 1. The molecule has 2 atom stereocenters. The Kier molecular flexibility index (Phi) is 6.23. The van der Waals surface area contributed by atoms with E-state index in [0.29, 0.717) is 6.04 Å². The van der Waals surface area contributed by atoms with Crippen LogP contribution in [0.25, 0.3) is 0 Å². The van der Waals surface area contributed by atoms with Crippen LogP contribution in [-0.4, -0.2) is 13.1 Å². The van der Waals surface area contributed by atoms with E-state index < -0.39 is 0 Å². The van der Waals surface area contributed by atoms with E-state index in [-0.39, 0.29) is 6.04 Å². The summed E-state index contributed by atoms with van der Waals surface area (Å²) in [6.07, 6.45) is 4.54. The quantitative estimate of drug-likeness (QED) is 0.761. The molecule has 0 bridgehead atoms.